The third-order valence-corrected chi connectivity index (χ3v) is 3.68. The standard InChI is InChI=1S/C15H32N4O/c1-16-15(17-9-4-6-14-7-8-14)18-10-12-19(2)11-5-13-20-3/h14H,4-13H2,1-3H3,(H2,16,17,18). The van der Waals surface area contributed by atoms with Crippen molar-refractivity contribution in [2.75, 3.05) is 54.0 Å². The third-order valence-electron chi connectivity index (χ3n) is 3.68. The first-order chi connectivity index (χ1) is 9.76. The number of guanidine groups is 1. The quantitative estimate of drug-likeness (QED) is 0.341. The van der Waals surface area contributed by atoms with E-state index in [9.17, 15) is 0 Å². The smallest absolute Gasteiger partial charge is 0.191 e. The lowest BCUT2D eigenvalue weighted by atomic mass is 10.2. The molecule has 1 fully saturated rings. The second-order valence-electron chi connectivity index (χ2n) is 5.66. The molecule has 0 saturated heterocycles. The van der Waals surface area contributed by atoms with Gasteiger partial charge >= 0.3 is 0 Å². The van der Waals surface area contributed by atoms with Crippen LogP contribution in [0.4, 0.5) is 0 Å². The van der Waals surface area contributed by atoms with Gasteiger partial charge in [-0.2, -0.15) is 0 Å². The molecule has 2 N–H and O–H groups in total. The zero-order valence-corrected chi connectivity index (χ0v) is 13.5. The Morgan fingerprint density at radius 2 is 1.95 bits per heavy atom. The zero-order chi connectivity index (χ0) is 14.6. The van der Waals surface area contributed by atoms with Crippen LogP contribution in [0.1, 0.15) is 32.1 Å². The molecule has 0 radical (unpaired) electrons. The van der Waals surface area contributed by atoms with Crippen molar-refractivity contribution in [2.24, 2.45) is 10.9 Å². The van der Waals surface area contributed by atoms with Gasteiger partial charge in [0, 0.05) is 46.9 Å². The van der Waals surface area contributed by atoms with E-state index in [0.29, 0.717) is 0 Å². The van der Waals surface area contributed by atoms with E-state index in [4.69, 9.17) is 4.74 Å². The molecule has 1 rings (SSSR count). The Balaban J connectivity index is 1.96. The number of likely N-dealkylation sites (N-methyl/N-ethyl adjacent to an activating group) is 1. The summed E-state index contributed by atoms with van der Waals surface area (Å²) in [5, 5.41) is 6.74. The Morgan fingerprint density at radius 3 is 2.60 bits per heavy atom. The first kappa shape index (κ1) is 17.2. The monoisotopic (exact) mass is 284 g/mol. The van der Waals surface area contributed by atoms with Crippen LogP contribution in [0.2, 0.25) is 0 Å². The Kier molecular flexibility index (Phi) is 9.41. The lowest BCUT2D eigenvalue weighted by molar-refractivity contribution is 0.180. The summed E-state index contributed by atoms with van der Waals surface area (Å²) < 4.78 is 5.06. The van der Waals surface area contributed by atoms with E-state index < -0.39 is 0 Å². The van der Waals surface area contributed by atoms with E-state index in [1.165, 1.54) is 25.7 Å². The summed E-state index contributed by atoms with van der Waals surface area (Å²) in [7, 11) is 5.72. The van der Waals surface area contributed by atoms with Gasteiger partial charge in [0.2, 0.25) is 0 Å². The van der Waals surface area contributed by atoms with Crippen molar-refractivity contribution in [3.8, 4) is 0 Å². The summed E-state index contributed by atoms with van der Waals surface area (Å²) in [6, 6.07) is 0. The van der Waals surface area contributed by atoms with Gasteiger partial charge in [0.1, 0.15) is 0 Å². The van der Waals surface area contributed by atoms with Crippen molar-refractivity contribution in [1.82, 2.24) is 15.5 Å². The molecule has 0 aromatic carbocycles. The number of nitrogens with one attached hydrogen (secondary N) is 2. The fourth-order valence-corrected chi connectivity index (χ4v) is 2.18. The lowest BCUT2D eigenvalue weighted by Gasteiger charge is -2.18. The molecule has 20 heavy (non-hydrogen) atoms. The minimum absolute atomic E-state index is 0.835. The topological polar surface area (TPSA) is 48.9 Å². The van der Waals surface area contributed by atoms with Gasteiger partial charge in [-0.15, -0.1) is 0 Å². The number of aliphatic imine (C=N–C) groups is 1. The van der Waals surface area contributed by atoms with Gasteiger partial charge in [0.25, 0.3) is 0 Å². The van der Waals surface area contributed by atoms with Gasteiger partial charge in [-0.1, -0.05) is 12.8 Å². The first-order valence-corrected chi connectivity index (χ1v) is 7.88. The van der Waals surface area contributed by atoms with Crippen LogP contribution in [0, 0.1) is 5.92 Å². The molecule has 0 aromatic heterocycles. The largest absolute Gasteiger partial charge is 0.385 e. The summed E-state index contributed by atoms with van der Waals surface area (Å²) in [4.78, 5) is 6.56. The van der Waals surface area contributed by atoms with Crippen molar-refractivity contribution < 1.29 is 4.74 Å². The van der Waals surface area contributed by atoms with E-state index in [1.807, 2.05) is 7.05 Å². The highest BCUT2D eigenvalue weighted by atomic mass is 16.5. The van der Waals surface area contributed by atoms with Crippen molar-refractivity contribution in [3.63, 3.8) is 0 Å². The molecule has 1 aliphatic carbocycles. The summed E-state index contributed by atoms with van der Waals surface area (Å²) in [5.74, 6) is 1.94. The Hall–Kier alpha value is -0.810. The molecule has 0 spiro atoms. The minimum Gasteiger partial charge on any atom is -0.385 e. The van der Waals surface area contributed by atoms with Crippen molar-refractivity contribution in [2.45, 2.75) is 32.1 Å². The van der Waals surface area contributed by atoms with Crippen LogP contribution in [0.3, 0.4) is 0 Å². The number of hydrogen-bond donors (Lipinski definition) is 2. The number of nitrogens with zero attached hydrogens (tertiary/aromatic N) is 2. The van der Waals surface area contributed by atoms with Gasteiger partial charge < -0.3 is 20.3 Å². The second kappa shape index (κ2) is 10.9. The number of methoxy groups -OCH3 is 1. The Morgan fingerprint density at radius 1 is 1.20 bits per heavy atom. The summed E-state index contributed by atoms with van der Waals surface area (Å²) >= 11 is 0. The van der Waals surface area contributed by atoms with Gasteiger partial charge in [-0.25, -0.2) is 0 Å². The van der Waals surface area contributed by atoms with Crippen molar-refractivity contribution >= 4 is 5.96 Å². The van der Waals surface area contributed by atoms with E-state index in [1.54, 1.807) is 7.11 Å². The molecule has 0 bridgehead atoms. The molecule has 5 heteroatoms. The molecule has 5 nitrogen and oxygen atoms in total. The molecule has 0 atom stereocenters. The summed E-state index contributed by atoms with van der Waals surface area (Å²) in [5.41, 5.74) is 0. The van der Waals surface area contributed by atoms with Crippen LogP contribution >= 0.6 is 0 Å². The molecule has 1 aliphatic rings. The molecule has 1 saturated carbocycles. The van der Waals surface area contributed by atoms with Crippen LogP contribution in [-0.4, -0.2) is 64.9 Å². The highest BCUT2D eigenvalue weighted by Crippen LogP contribution is 2.33. The fourth-order valence-electron chi connectivity index (χ4n) is 2.18. The van der Waals surface area contributed by atoms with Crippen LogP contribution in [0.25, 0.3) is 0 Å². The summed E-state index contributed by atoms with van der Waals surface area (Å²) in [6.07, 6.45) is 6.60. The van der Waals surface area contributed by atoms with Gasteiger partial charge in [0.05, 0.1) is 0 Å². The highest BCUT2D eigenvalue weighted by Gasteiger charge is 2.19. The molecule has 0 amide bonds. The van der Waals surface area contributed by atoms with Crippen LogP contribution in [0.15, 0.2) is 4.99 Å². The zero-order valence-electron chi connectivity index (χ0n) is 13.5. The van der Waals surface area contributed by atoms with Gasteiger partial charge in [0.15, 0.2) is 5.96 Å². The van der Waals surface area contributed by atoms with Crippen LogP contribution < -0.4 is 10.6 Å². The van der Waals surface area contributed by atoms with E-state index in [0.717, 1.165) is 51.1 Å². The van der Waals surface area contributed by atoms with Crippen molar-refractivity contribution in [1.29, 1.82) is 0 Å². The molecule has 0 heterocycles. The number of rotatable bonds is 11. The Labute approximate surface area is 124 Å². The predicted octanol–water partition coefficient (Wildman–Crippen LogP) is 1.31. The third kappa shape index (κ3) is 9.15. The molecule has 0 aliphatic heterocycles. The van der Waals surface area contributed by atoms with Gasteiger partial charge in [-0.3, -0.25) is 4.99 Å². The second-order valence-corrected chi connectivity index (χ2v) is 5.66. The predicted molar refractivity (Wildman–Crippen MR) is 85.3 cm³/mol. The van der Waals surface area contributed by atoms with Gasteiger partial charge in [-0.05, 0) is 32.2 Å². The molecular weight excluding hydrogens is 252 g/mol. The average molecular weight is 284 g/mol. The molecular formula is C15H32N4O. The maximum Gasteiger partial charge on any atom is 0.191 e. The maximum absolute atomic E-state index is 5.06. The van der Waals surface area contributed by atoms with Crippen molar-refractivity contribution in [3.05, 3.63) is 0 Å². The Bertz CT molecular complexity index is 267. The minimum atomic E-state index is 0.835. The summed E-state index contributed by atoms with van der Waals surface area (Å²) in [6.45, 7) is 4.88. The molecule has 118 valence electrons. The van der Waals surface area contributed by atoms with Crippen LogP contribution in [-0.2, 0) is 4.74 Å². The highest BCUT2D eigenvalue weighted by molar-refractivity contribution is 5.79. The first-order valence-electron chi connectivity index (χ1n) is 7.88. The fraction of sp³-hybridized carbons (Fsp3) is 0.933. The molecule has 0 unspecified atom stereocenters. The van der Waals surface area contributed by atoms with E-state index in [-0.39, 0.29) is 0 Å². The SMILES string of the molecule is CN=C(NCCCC1CC1)NCCN(C)CCCOC. The number of ether oxygens (including phenoxy) is 1. The van der Waals surface area contributed by atoms with Crippen LogP contribution in [0.5, 0.6) is 0 Å². The normalized spacial score (nSPS) is 15.7. The maximum atomic E-state index is 5.06. The number of hydrogen-bond acceptors (Lipinski definition) is 3. The lowest BCUT2D eigenvalue weighted by Crippen LogP contribution is -2.41. The average Bonchev–Trinajstić information content (AvgIpc) is 3.26. The van der Waals surface area contributed by atoms with E-state index >= 15 is 0 Å². The molecule has 0 aromatic rings. The van der Waals surface area contributed by atoms with E-state index in [2.05, 4.69) is 27.6 Å².